The standard InChI is InChI=1S/C22H30N4O3/c1-6-29-20(27)19-18(16-9-15(28-5)7-8-17(16)23-19)24-25-26-13-22(4)11-14(26)10-21(2,3)12-22/h7-9,14,23H,6,10-13H2,1-5H3/t14-,22+/m1/s1. The molecule has 2 fully saturated rings. The van der Waals surface area contributed by atoms with Gasteiger partial charge in [-0.3, -0.25) is 5.01 Å². The number of fused-ring (bicyclic) bond motifs is 3. The van der Waals surface area contributed by atoms with E-state index < -0.39 is 5.97 Å². The summed E-state index contributed by atoms with van der Waals surface area (Å²) in [5, 5.41) is 12.1. The number of ether oxygens (including phenoxy) is 2. The topological polar surface area (TPSA) is 79.3 Å². The number of carbonyl (C=O) groups excluding carboxylic acids is 1. The smallest absolute Gasteiger partial charge is 0.357 e. The first kappa shape index (κ1) is 19.7. The molecule has 2 heterocycles. The fraction of sp³-hybridized carbons (Fsp3) is 0.591. The Bertz CT molecular complexity index is 964. The predicted octanol–water partition coefficient (Wildman–Crippen LogP) is 5.25. The maximum absolute atomic E-state index is 12.5. The fourth-order valence-corrected chi connectivity index (χ4v) is 5.38. The van der Waals surface area contributed by atoms with Gasteiger partial charge in [0.2, 0.25) is 0 Å². The van der Waals surface area contributed by atoms with Crippen LogP contribution in [0, 0.1) is 10.8 Å². The van der Waals surface area contributed by atoms with Gasteiger partial charge in [0.05, 0.1) is 13.7 Å². The highest BCUT2D eigenvalue weighted by atomic mass is 16.5. The number of nitrogens with zero attached hydrogens (tertiary/aromatic N) is 3. The van der Waals surface area contributed by atoms with E-state index in [2.05, 4.69) is 41.1 Å². The average Bonchev–Trinajstić information content (AvgIpc) is 3.12. The number of aromatic amines is 1. The van der Waals surface area contributed by atoms with Gasteiger partial charge in [-0.25, -0.2) is 4.79 Å². The number of carbonyl (C=O) groups is 1. The molecule has 1 aromatic heterocycles. The van der Waals surface area contributed by atoms with Gasteiger partial charge in [0.15, 0.2) is 5.69 Å². The van der Waals surface area contributed by atoms with Gasteiger partial charge in [0.25, 0.3) is 0 Å². The van der Waals surface area contributed by atoms with Crippen molar-refractivity contribution in [3.05, 3.63) is 23.9 Å². The SMILES string of the molecule is CCOC(=O)c1[nH]c2ccc(OC)cc2c1N=NN1C[C@@]2(C)C[C@H]1CC(C)(C)C2. The molecule has 1 aromatic carbocycles. The van der Waals surface area contributed by atoms with Crippen molar-refractivity contribution < 1.29 is 14.3 Å². The van der Waals surface area contributed by atoms with Gasteiger partial charge < -0.3 is 14.5 Å². The van der Waals surface area contributed by atoms with E-state index in [1.807, 2.05) is 18.2 Å². The molecule has 2 aromatic rings. The molecule has 0 amide bonds. The van der Waals surface area contributed by atoms with Crippen LogP contribution >= 0.6 is 0 Å². The van der Waals surface area contributed by atoms with Crippen molar-refractivity contribution in [2.45, 2.75) is 53.0 Å². The zero-order valence-electron chi connectivity index (χ0n) is 17.9. The summed E-state index contributed by atoms with van der Waals surface area (Å²) in [6.45, 7) is 10.0. The van der Waals surface area contributed by atoms with E-state index in [9.17, 15) is 4.79 Å². The molecule has 1 N–H and O–H groups in total. The molecule has 2 bridgehead atoms. The third kappa shape index (κ3) is 3.70. The summed E-state index contributed by atoms with van der Waals surface area (Å²) in [4.78, 5) is 15.6. The number of nitrogens with one attached hydrogen (secondary N) is 1. The summed E-state index contributed by atoms with van der Waals surface area (Å²) in [6, 6.07) is 5.98. The van der Waals surface area contributed by atoms with Crippen LogP contribution in [0.2, 0.25) is 0 Å². The number of esters is 1. The number of H-pyrrole nitrogens is 1. The van der Waals surface area contributed by atoms with Crippen LogP contribution in [0.25, 0.3) is 10.9 Å². The Labute approximate surface area is 171 Å². The second kappa shape index (κ2) is 7.04. The third-order valence-corrected chi connectivity index (χ3v) is 6.10. The monoisotopic (exact) mass is 398 g/mol. The lowest BCUT2D eigenvalue weighted by Crippen LogP contribution is -2.33. The lowest BCUT2D eigenvalue weighted by atomic mass is 9.65. The molecule has 4 rings (SSSR count). The molecule has 0 spiro atoms. The fourth-order valence-electron chi connectivity index (χ4n) is 5.38. The van der Waals surface area contributed by atoms with Crippen molar-refractivity contribution in [3.63, 3.8) is 0 Å². The minimum atomic E-state index is -0.426. The Balaban J connectivity index is 1.71. The third-order valence-electron chi connectivity index (χ3n) is 6.10. The highest BCUT2D eigenvalue weighted by Gasteiger charge is 2.49. The Morgan fingerprint density at radius 3 is 2.83 bits per heavy atom. The van der Waals surface area contributed by atoms with E-state index in [0.29, 0.717) is 35.2 Å². The summed E-state index contributed by atoms with van der Waals surface area (Å²) < 4.78 is 10.6. The molecule has 0 radical (unpaired) electrons. The van der Waals surface area contributed by atoms with Crippen LogP contribution in [0.5, 0.6) is 5.75 Å². The van der Waals surface area contributed by atoms with Crippen LogP contribution in [-0.4, -0.2) is 42.3 Å². The highest BCUT2D eigenvalue weighted by molar-refractivity contribution is 6.05. The first-order valence-corrected chi connectivity index (χ1v) is 10.3. The average molecular weight is 399 g/mol. The lowest BCUT2D eigenvalue weighted by Gasteiger charge is -2.39. The molecule has 0 unspecified atom stereocenters. The molecule has 2 atom stereocenters. The molecule has 7 heteroatoms. The van der Waals surface area contributed by atoms with Gasteiger partial charge >= 0.3 is 5.97 Å². The number of methoxy groups -OCH3 is 1. The number of benzene rings is 1. The summed E-state index contributed by atoms with van der Waals surface area (Å²) in [5.41, 5.74) is 2.21. The second-order valence-corrected chi connectivity index (χ2v) is 9.48. The van der Waals surface area contributed by atoms with Crippen molar-refractivity contribution >= 4 is 22.6 Å². The zero-order chi connectivity index (χ0) is 20.8. The minimum Gasteiger partial charge on any atom is -0.497 e. The number of rotatable bonds is 5. The van der Waals surface area contributed by atoms with Crippen LogP contribution in [0.15, 0.2) is 28.5 Å². The minimum absolute atomic E-state index is 0.263. The van der Waals surface area contributed by atoms with E-state index in [-0.39, 0.29) is 5.41 Å². The maximum atomic E-state index is 12.5. The first-order chi connectivity index (χ1) is 13.7. The van der Waals surface area contributed by atoms with Crippen LogP contribution in [0.4, 0.5) is 5.69 Å². The van der Waals surface area contributed by atoms with E-state index >= 15 is 0 Å². The molecule has 29 heavy (non-hydrogen) atoms. The molecule has 7 nitrogen and oxygen atoms in total. The van der Waals surface area contributed by atoms with Crippen molar-refractivity contribution in [3.8, 4) is 5.75 Å². The largest absolute Gasteiger partial charge is 0.497 e. The second-order valence-electron chi connectivity index (χ2n) is 9.48. The Hall–Kier alpha value is -2.57. The van der Waals surface area contributed by atoms with Crippen LogP contribution in [-0.2, 0) is 4.74 Å². The maximum Gasteiger partial charge on any atom is 0.357 e. The summed E-state index contributed by atoms with van der Waals surface area (Å²) in [7, 11) is 1.62. The molecule has 2 aliphatic rings. The molecule has 1 aliphatic heterocycles. The molecule has 156 valence electrons. The molecule has 1 saturated carbocycles. The van der Waals surface area contributed by atoms with Crippen molar-refractivity contribution in [2.75, 3.05) is 20.3 Å². The van der Waals surface area contributed by atoms with E-state index in [1.54, 1.807) is 14.0 Å². The normalized spacial score (nSPS) is 25.7. The van der Waals surface area contributed by atoms with E-state index in [4.69, 9.17) is 9.47 Å². The van der Waals surface area contributed by atoms with Gasteiger partial charge in [-0.05, 0) is 55.2 Å². The quantitative estimate of drug-likeness (QED) is 0.551. The predicted molar refractivity (Wildman–Crippen MR) is 112 cm³/mol. The summed E-state index contributed by atoms with van der Waals surface area (Å²) >= 11 is 0. The van der Waals surface area contributed by atoms with Gasteiger partial charge in [0, 0.05) is 23.5 Å². The Morgan fingerprint density at radius 2 is 2.10 bits per heavy atom. The van der Waals surface area contributed by atoms with E-state index in [1.165, 1.54) is 6.42 Å². The molecular weight excluding hydrogens is 368 g/mol. The van der Waals surface area contributed by atoms with Gasteiger partial charge in [0.1, 0.15) is 11.4 Å². The lowest BCUT2D eigenvalue weighted by molar-refractivity contribution is 0.0521. The zero-order valence-corrected chi connectivity index (χ0v) is 17.9. The molecule has 1 aliphatic carbocycles. The summed E-state index contributed by atoms with van der Waals surface area (Å²) in [5.74, 6) is 0.277. The van der Waals surface area contributed by atoms with Crippen molar-refractivity contribution in [1.29, 1.82) is 0 Å². The van der Waals surface area contributed by atoms with Crippen LogP contribution in [0.3, 0.4) is 0 Å². The number of aromatic nitrogens is 1. The van der Waals surface area contributed by atoms with Crippen LogP contribution in [0.1, 0.15) is 57.4 Å². The van der Waals surface area contributed by atoms with Crippen LogP contribution < -0.4 is 4.74 Å². The first-order valence-electron chi connectivity index (χ1n) is 10.3. The molecule has 1 saturated heterocycles. The van der Waals surface area contributed by atoms with Crippen molar-refractivity contribution in [1.82, 2.24) is 9.99 Å². The Morgan fingerprint density at radius 1 is 1.31 bits per heavy atom. The van der Waals surface area contributed by atoms with E-state index in [0.717, 1.165) is 30.3 Å². The van der Waals surface area contributed by atoms with Crippen molar-refractivity contribution in [2.24, 2.45) is 21.2 Å². The van der Waals surface area contributed by atoms with Gasteiger partial charge in [-0.1, -0.05) is 26.0 Å². The number of hydrogen-bond donors (Lipinski definition) is 1. The highest BCUT2D eigenvalue weighted by Crippen LogP contribution is 2.52. The Kier molecular flexibility index (Phi) is 4.79. The van der Waals surface area contributed by atoms with Gasteiger partial charge in [-0.2, -0.15) is 0 Å². The number of hydrogen-bond acceptors (Lipinski definition) is 5. The summed E-state index contributed by atoms with van der Waals surface area (Å²) in [6.07, 6.45) is 3.44. The van der Waals surface area contributed by atoms with Gasteiger partial charge in [-0.15, -0.1) is 5.11 Å². The molecular formula is C22H30N4O3.